The number of rotatable bonds is 3. The van der Waals surface area contributed by atoms with Crippen molar-refractivity contribution in [1.29, 1.82) is 5.26 Å². The number of hydrogen-bond donors (Lipinski definition) is 0. The average molecular weight is 319 g/mol. The van der Waals surface area contributed by atoms with E-state index < -0.39 is 10.9 Å². The third-order valence-corrected chi connectivity index (χ3v) is 3.27. The third kappa shape index (κ3) is 3.03. The fourth-order valence-electron chi connectivity index (χ4n) is 2.10. The zero-order chi connectivity index (χ0) is 17.1. The maximum absolute atomic E-state index is 11.9. The molecule has 3 rings (SSSR count). The Morgan fingerprint density at radius 1 is 1.21 bits per heavy atom. The quantitative estimate of drug-likeness (QED) is 0.374. The molecule has 1 heterocycles. The van der Waals surface area contributed by atoms with Crippen LogP contribution in [0.15, 0.2) is 59.2 Å². The minimum atomic E-state index is -0.638. The van der Waals surface area contributed by atoms with Gasteiger partial charge in [-0.25, -0.2) is 9.79 Å². The predicted molar refractivity (Wildman–Crippen MR) is 84.9 cm³/mol. The van der Waals surface area contributed by atoms with Crippen molar-refractivity contribution in [3.63, 3.8) is 0 Å². The molecule has 0 amide bonds. The van der Waals surface area contributed by atoms with Crippen molar-refractivity contribution in [1.82, 2.24) is 0 Å². The van der Waals surface area contributed by atoms with Gasteiger partial charge in [-0.15, -0.1) is 0 Å². The Bertz CT molecular complexity index is 937. The molecule has 0 radical (unpaired) electrons. The number of carbonyl (C=O) groups is 1. The number of nitrogens with zero attached hydrogens (tertiary/aromatic N) is 3. The standard InChI is InChI=1S/C17H9N3O4/c18-10-12-6-4-11(5-7-12)8-15-17(21)24-16(19-15)13-2-1-3-14(9-13)20(22)23/h1-9H. The van der Waals surface area contributed by atoms with E-state index in [-0.39, 0.29) is 17.3 Å². The number of non-ortho nitro benzene ring substituents is 1. The van der Waals surface area contributed by atoms with Crippen molar-refractivity contribution in [2.45, 2.75) is 0 Å². The number of nitriles is 1. The van der Waals surface area contributed by atoms with Gasteiger partial charge in [-0.2, -0.15) is 5.26 Å². The smallest absolute Gasteiger partial charge is 0.363 e. The highest BCUT2D eigenvalue weighted by molar-refractivity contribution is 6.13. The molecular formula is C17H9N3O4. The Hall–Kier alpha value is -3.79. The molecule has 0 atom stereocenters. The van der Waals surface area contributed by atoms with E-state index in [0.29, 0.717) is 16.7 Å². The highest BCUT2D eigenvalue weighted by Crippen LogP contribution is 2.21. The second-order valence-electron chi connectivity index (χ2n) is 4.88. The van der Waals surface area contributed by atoms with Gasteiger partial charge in [-0.1, -0.05) is 18.2 Å². The molecule has 0 fully saturated rings. The summed E-state index contributed by atoms with van der Waals surface area (Å²) in [4.78, 5) is 26.3. The number of esters is 1. The van der Waals surface area contributed by atoms with Crippen LogP contribution in [0.5, 0.6) is 0 Å². The molecule has 2 aromatic carbocycles. The molecular weight excluding hydrogens is 310 g/mol. The summed E-state index contributed by atoms with van der Waals surface area (Å²) in [5.74, 6) is -0.621. The van der Waals surface area contributed by atoms with E-state index in [1.807, 2.05) is 6.07 Å². The van der Waals surface area contributed by atoms with Crippen LogP contribution in [-0.2, 0) is 9.53 Å². The third-order valence-electron chi connectivity index (χ3n) is 3.27. The predicted octanol–water partition coefficient (Wildman–Crippen LogP) is 2.81. The van der Waals surface area contributed by atoms with E-state index in [4.69, 9.17) is 10.00 Å². The van der Waals surface area contributed by atoms with Gasteiger partial charge in [0.15, 0.2) is 5.70 Å². The number of ether oxygens (including phenoxy) is 1. The van der Waals surface area contributed by atoms with E-state index >= 15 is 0 Å². The first-order valence-corrected chi connectivity index (χ1v) is 6.84. The summed E-state index contributed by atoms with van der Waals surface area (Å²) in [6.07, 6.45) is 1.52. The molecule has 1 aliphatic rings. The van der Waals surface area contributed by atoms with Gasteiger partial charge in [0.2, 0.25) is 5.90 Å². The van der Waals surface area contributed by atoms with E-state index in [1.165, 1.54) is 24.3 Å². The zero-order valence-corrected chi connectivity index (χ0v) is 12.2. The van der Waals surface area contributed by atoms with Gasteiger partial charge < -0.3 is 4.74 Å². The summed E-state index contributed by atoms with van der Waals surface area (Å²) in [6.45, 7) is 0. The molecule has 0 aromatic heterocycles. The van der Waals surface area contributed by atoms with Crippen LogP contribution in [0, 0.1) is 21.4 Å². The number of cyclic esters (lactones) is 1. The van der Waals surface area contributed by atoms with Gasteiger partial charge in [-0.3, -0.25) is 10.1 Å². The van der Waals surface area contributed by atoms with Crippen molar-refractivity contribution >= 4 is 23.6 Å². The first-order valence-electron chi connectivity index (χ1n) is 6.84. The maximum atomic E-state index is 11.9. The average Bonchev–Trinajstić information content (AvgIpc) is 2.96. The zero-order valence-electron chi connectivity index (χ0n) is 12.2. The van der Waals surface area contributed by atoms with E-state index in [9.17, 15) is 14.9 Å². The largest absolute Gasteiger partial charge is 0.402 e. The van der Waals surface area contributed by atoms with Crippen molar-refractivity contribution in [3.05, 3.63) is 81.0 Å². The number of nitro benzene ring substituents is 1. The Labute approximate surface area is 136 Å². The number of nitro groups is 1. The molecule has 7 heteroatoms. The molecule has 0 N–H and O–H groups in total. The van der Waals surface area contributed by atoms with Crippen molar-refractivity contribution < 1.29 is 14.5 Å². The minimum Gasteiger partial charge on any atom is -0.402 e. The molecule has 0 saturated carbocycles. The van der Waals surface area contributed by atoms with Gasteiger partial charge >= 0.3 is 5.97 Å². The lowest BCUT2D eigenvalue weighted by molar-refractivity contribution is -0.384. The Balaban J connectivity index is 1.92. The molecule has 24 heavy (non-hydrogen) atoms. The fraction of sp³-hybridized carbons (Fsp3) is 0. The lowest BCUT2D eigenvalue weighted by Crippen LogP contribution is -2.05. The van der Waals surface area contributed by atoms with Gasteiger partial charge in [-0.05, 0) is 29.8 Å². The lowest BCUT2D eigenvalue weighted by Gasteiger charge is -1.98. The topological polar surface area (TPSA) is 106 Å². The Morgan fingerprint density at radius 3 is 2.62 bits per heavy atom. The summed E-state index contributed by atoms with van der Waals surface area (Å²) in [7, 11) is 0. The fourth-order valence-corrected chi connectivity index (χ4v) is 2.10. The van der Waals surface area contributed by atoms with E-state index in [0.717, 1.165) is 0 Å². The lowest BCUT2D eigenvalue weighted by atomic mass is 10.1. The number of benzene rings is 2. The molecule has 0 aliphatic carbocycles. The monoisotopic (exact) mass is 319 g/mol. The van der Waals surface area contributed by atoms with Gasteiger partial charge in [0.25, 0.3) is 5.69 Å². The molecule has 0 bridgehead atoms. The summed E-state index contributed by atoms with van der Waals surface area (Å²) in [6, 6.07) is 14.3. The first kappa shape index (κ1) is 15.1. The summed E-state index contributed by atoms with van der Waals surface area (Å²) < 4.78 is 5.08. The molecule has 0 unspecified atom stereocenters. The van der Waals surface area contributed by atoms with E-state index in [2.05, 4.69) is 4.99 Å². The van der Waals surface area contributed by atoms with Crippen LogP contribution in [0.4, 0.5) is 5.69 Å². The molecule has 7 nitrogen and oxygen atoms in total. The normalized spacial score (nSPS) is 14.9. The Morgan fingerprint density at radius 2 is 1.96 bits per heavy atom. The molecule has 1 aliphatic heterocycles. The van der Waals surface area contributed by atoms with Crippen LogP contribution in [-0.4, -0.2) is 16.8 Å². The SMILES string of the molecule is N#Cc1ccc(C=C2N=C(c3cccc([N+](=O)[O-])c3)OC2=O)cc1. The van der Waals surface area contributed by atoms with E-state index in [1.54, 1.807) is 30.3 Å². The van der Waals surface area contributed by atoms with Crippen molar-refractivity contribution in [2.24, 2.45) is 4.99 Å². The number of hydrogen-bond acceptors (Lipinski definition) is 6. The highest BCUT2D eigenvalue weighted by atomic mass is 16.6. The van der Waals surface area contributed by atoms with Gasteiger partial charge in [0, 0.05) is 17.7 Å². The first-order chi connectivity index (χ1) is 11.6. The van der Waals surface area contributed by atoms with Crippen LogP contribution < -0.4 is 0 Å². The molecule has 0 spiro atoms. The van der Waals surface area contributed by atoms with Gasteiger partial charge in [0.05, 0.1) is 16.6 Å². The van der Waals surface area contributed by atoms with Crippen molar-refractivity contribution in [2.75, 3.05) is 0 Å². The second kappa shape index (κ2) is 6.14. The minimum absolute atomic E-state index is 0.0172. The second-order valence-corrected chi connectivity index (χ2v) is 4.88. The van der Waals surface area contributed by atoms with Crippen LogP contribution in [0.2, 0.25) is 0 Å². The summed E-state index contributed by atoms with van der Waals surface area (Å²) in [5, 5.41) is 19.6. The number of carbonyl (C=O) groups excluding carboxylic acids is 1. The van der Waals surface area contributed by atoms with Gasteiger partial charge in [0.1, 0.15) is 0 Å². The summed E-state index contributed by atoms with van der Waals surface area (Å²) >= 11 is 0. The molecule has 0 saturated heterocycles. The van der Waals surface area contributed by atoms with Crippen LogP contribution in [0.1, 0.15) is 16.7 Å². The molecule has 116 valence electrons. The van der Waals surface area contributed by atoms with Crippen LogP contribution in [0.3, 0.4) is 0 Å². The Kier molecular flexibility index (Phi) is 3.87. The van der Waals surface area contributed by atoms with Crippen LogP contribution in [0.25, 0.3) is 6.08 Å². The highest BCUT2D eigenvalue weighted by Gasteiger charge is 2.25. The number of aliphatic imine (C=N–C) groups is 1. The molecule has 2 aromatic rings. The van der Waals surface area contributed by atoms with Crippen LogP contribution >= 0.6 is 0 Å². The maximum Gasteiger partial charge on any atom is 0.363 e. The van der Waals surface area contributed by atoms with Crippen molar-refractivity contribution in [3.8, 4) is 6.07 Å². The summed E-state index contributed by atoms with van der Waals surface area (Å²) in [5.41, 5.74) is 1.51.